The number of ether oxygens (including phenoxy) is 2. The van der Waals surface area contributed by atoms with Gasteiger partial charge in [0.2, 0.25) is 0 Å². The van der Waals surface area contributed by atoms with E-state index in [0.717, 1.165) is 31.2 Å². The van der Waals surface area contributed by atoms with Crippen LogP contribution in [-0.4, -0.2) is 34.9 Å². The molecule has 3 aromatic rings. The molecule has 32 heavy (non-hydrogen) atoms. The number of hydrogen-bond acceptors (Lipinski definition) is 5. The molecule has 1 aliphatic carbocycles. The maximum absolute atomic E-state index is 12.4. The molecule has 1 aromatic heterocycles. The topological polar surface area (TPSA) is 107 Å². The van der Waals surface area contributed by atoms with Crippen LogP contribution in [0.2, 0.25) is 0 Å². The highest BCUT2D eigenvalue weighted by Gasteiger charge is 2.19. The second-order valence-electron chi connectivity index (χ2n) is 7.81. The summed E-state index contributed by atoms with van der Waals surface area (Å²) in [6.07, 6.45) is 5.01. The highest BCUT2D eigenvalue weighted by atomic mass is 16.6. The molecule has 2 N–H and O–H groups in total. The number of benzene rings is 2. The van der Waals surface area contributed by atoms with Gasteiger partial charge in [-0.2, -0.15) is 0 Å². The third-order valence-electron chi connectivity index (χ3n) is 5.68. The molecule has 0 aliphatic heterocycles. The molecule has 1 amide bonds. The van der Waals surface area contributed by atoms with Gasteiger partial charge in [-0.3, -0.25) is 10.1 Å². The summed E-state index contributed by atoms with van der Waals surface area (Å²) in [5.41, 5.74) is 1.89. The van der Waals surface area contributed by atoms with Crippen molar-refractivity contribution in [3.63, 3.8) is 0 Å². The van der Waals surface area contributed by atoms with Crippen molar-refractivity contribution in [2.75, 3.05) is 12.4 Å². The summed E-state index contributed by atoms with van der Waals surface area (Å²) in [4.78, 5) is 35.9. The molecule has 1 saturated carbocycles. The first-order valence-corrected chi connectivity index (χ1v) is 10.5. The molecule has 1 aliphatic rings. The molecule has 0 atom stereocenters. The lowest BCUT2D eigenvalue weighted by atomic mass is 10.1. The van der Waals surface area contributed by atoms with Crippen LogP contribution < -0.4 is 15.5 Å². The van der Waals surface area contributed by atoms with Crippen molar-refractivity contribution in [2.24, 2.45) is 0 Å². The zero-order chi connectivity index (χ0) is 22.7. The van der Waals surface area contributed by atoms with Gasteiger partial charge in [0.15, 0.2) is 5.43 Å². The maximum Gasteiger partial charge on any atom is 0.411 e. The third-order valence-corrected chi connectivity index (χ3v) is 5.68. The predicted octanol–water partition coefficient (Wildman–Crippen LogP) is 4.25. The summed E-state index contributed by atoms with van der Waals surface area (Å²) in [6.45, 7) is 0.343. The number of hydrogen-bond donors (Lipinski definition) is 2. The SMILES string of the molecule is COc1cc(C(=O)O)ccc1Cn1ccc(=O)c2ccc(NC(=O)OC3CCCC3)cc21. The number of pyridine rings is 1. The highest BCUT2D eigenvalue weighted by Crippen LogP contribution is 2.25. The molecule has 1 heterocycles. The number of carbonyl (C=O) groups excluding carboxylic acids is 1. The van der Waals surface area contributed by atoms with Gasteiger partial charge in [0.05, 0.1) is 24.7 Å². The van der Waals surface area contributed by atoms with Gasteiger partial charge in [0.1, 0.15) is 11.9 Å². The molecule has 0 spiro atoms. The average molecular weight is 436 g/mol. The second kappa shape index (κ2) is 9.13. The lowest BCUT2D eigenvalue weighted by Crippen LogP contribution is -2.20. The quantitative estimate of drug-likeness (QED) is 0.598. The summed E-state index contributed by atoms with van der Waals surface area (Å²) in [5.74, 6) is -0.602. The van der Waals surface area contributed by atoms with Gasteiger partial charge in [0.25, 0.3) is 0 Å². The fourth-order valence-electron chi connectivity index (χ4n) is 4.02. The Kier molecular flexibility index (Phi) is 6.11. The number of carboxylic acids is 1. The monoisotopic (exact) mass is 436 g/mol. The molecule has 8 heteroatoms. The molecule has 0 unspecified atom stereocenters. The van der Waals surface area contributed by atoms with Crippen LogP contribution in [-0.2, 0) is 11.3 Å². The Morgan fingerprint density at radius 3 is 2.62 bits per heavy atom. The van der Waals surface area contributed by atoms with E-state index in [0.29, 0.717) is 28.9 Å². The van der Waals surface area contributed by atoms with Crippen LogP contribution in [0.25, 0.3) is 10.9 Å². The van der Waals surface area contributed by atoms with E-state index in [9.17, 15) is 19.5 Å². The van der Waals surface area contributed by atoms with Gasteiger partial charge in [0, 0.05) is 28.9 Å². The van der Waals surface area contributed by atoms with E-state index in [2.05, 4.69) is 5.32 Å². The van der Waals surface area contributed by atoms with Gasteiger partial charge < -0.3 is 19.1 Å². The Balaban J connectivity index is 1.64. The van der Waals surface area contributed by atoms with Gasteiger partial charge in [-0.25, -0.2) is 9.59 Å². The summed E-state index contributed by atoms with van der Waals surface area (Å²) in [6, 6.07) is 11.2. The minimum absolute atomic E-state index is 0.0464. The van der Waals surface area contributed by atoms with Crippen LogP contribution in [0.4, 0.5) is 10.5 Å². The van der Waals surface area contributed by atoms with Crippen molar-refractivity contribution in [3.8, 4) is 5.75 Å². The first-order valence-electron chi connectivity index (χ1n) is 10.5. The van der Waals surface area contributed by atoms with Gasteiger partial charge >= 0.3 is 12.1 Å². The molecule has 0 saturated heterocycles. The Morgan fingerprint density at radius 2 is 1.91 bits per heavy atom. The van der Waals surface area contributed by atoms with Crippen molar-refractivity contribution in [2.45, 2.75) is 38.3 Å². The van der Waals surface area contributed by atoms with Crippen molar-refractivity contribution >= 4 is 28.7 Å². The number of nitrogens with one attached hydrogen (secondary N) is 1. The van der Waals surface area contributed by atoms with Crippen LogP contribution in [0.15, 0.2) is 53.5 Å². The van der Waals surface area contributed by atoms with Crippen LogP contribution in [0.5, 0.6) is 5.75 Å². The van der Waals surface area contributed by atoms with Crippen LogP contribution in [0, 0.1) is 0 Å². The van der Waals surface area contributed by atoms with Gasteiger partial charge in [-0.1, -0.05) is 6.07 Å². The first kappa shape index (κ1) is 21.4. The molecule has 1 fully saturated rings. The number of carbonyl (C=O) groups is 2. The minimum atomic E-state index is -1.04. The average Bonchev–Trinajstić information content (AvgIpc) is 3.28. The van der Waals surface area contributed by atoms with Gasteiger partial charge in [-0.15, -0.1) is 0 Å². The number of aromatic carboxylic acids is 1. The maximum atomic E-state index is 12.4. The highest BCUT2D eigenvalue weighted by molar-refractivity contribution is 5.90. The number of carboxylic acid groups (broad SMARTS) is 1. The molecule has 166 valence electrons. The smallest absolute Gasteiger partial charge is 0.411 e. The zero-order valence-electron chi connectivity index (χ0n) is 17.7. The Labute approximate surface area is 184 Å². The minimum Gasteiger partial charge on any atom is -0.496 e. The van der Waals surface area contributed by atoms with Crippen LogP contribution in [0.3, 0.4) is 0 Å². The Bertz CT molecular complexity index is 1230. The number of anilines is 1. The van der Waals surface area contributed by atoms with Crippen molar-refractivity contribution in [1.82, 2.24) is 4.57 Å². The molecule has 4 rings (SSSR count). The van der Waals surface area contributed by atoms with E-state index in [1.54, 1.807) is 30.5 Å². The number of amides is 1. The van der Waals surface area contributed by atoms with Crippen molar-refractivity contribution < 1.29 is 24.2 Å². The Morgan fingerprint density at radius 1 is 1.12 bits per heavy atom. The standard InChI is InChI=1S/C24H24N2O6/c1-31-22-12-15(23(28)29)6-7-16(22)14-26-11-10-21(27)19-9-8-17(13-20(19)26)25-24(30)32-18-4-2-3-5-18/h6-13,18H,2-5,14H2,1H3,(H,25,30)(H,28,29). The number of fused-ring (bicyclic) bond motifs is 1. The van der Waals surface area contributed by atoms with Gasteiger partial charge in [-0.05, 0) is 56.0 Å². The molecule has 8 nitrogen and oxygen atoms in total. The number of rotatable bonds is 6. The number of methoxy groups -OCH3 is 1. The van der Waals surface area contributed by atoms with Crippen molar-refractivity contribution in [1.29, 1.82) is 0 Å². The summed E-state index contributed by atoms with van der Waals surface area (Å²) in [5, 5.41) is 12.5. The molecular weight excluding hydrogens is 412 g/mol. The zero-order valence-corrected chi connectivity index (χ0v) is 17.7. The van der Waals surface area contributed by atoms with E-state index < -0.39 is 12.1 Å². The van der Waals surface area contributed by atoms with E-state index in [1.807, 2.05) is 4.57 Å². The van der Waals surface area contributed by atoms with E-state index in [1.165, 1.54) is 25.3 Å². The van der Waals surface area contributed by atoms with E-state index in [4.69, 9.17) is 9.47 Å². The fourth-order valence-corrected chi connectivity index (χ4v) is 4.02. The second-order valence-corrected chi connectivity index (χ2v) is 7.81. The lowest BCUT2D eigenvalue weighted by Gasteiger charge is -2.16. The number of aromatic nitrogens is 1. The van der Waals surface area contributed by atoms with Crippen LogP contribution >= 0.6 is 0 Å². The fraction of sp³-hybridized carbons (Fsp3) is 0.292. The summed E-state index contributed by atoms with van der Waals surface area (Å²) in [7, 11) is 1.48. The number of nitrogens with zero attached hydrogens (tertiary/aromatic N) is 1. The normalized spacial score (nSPS) is 13.8. The summed E-state index contributed by atoms with van der Waals surface area (Å²) < 4.78 is 12.7. The van der Waals surface area contributed by atoms with Crippen LogP contribution in [0.1, 0.15) is 41.6 Å². The van der Waals surface area contributed by atoms with E-state index in [-0.39, 0.29) is 17.1 Å². The molecule has 2 aromatic carbocycles. The predicted molar refractivity (Wildman–Crippen MR) is 120 cm³/mol. The largest absolute Gasteiger partial charge is 0.496 e. The molecule has 0 bridgehead atoms. The third kappa shape index (κ3) is 4.59. The lowest BCUT2D eigenvalue weighted by molar-refractivity contribution is 0.0696. The Hall–Kier alpha value is -3.81. The molecular formula is C24H24N2O6. The van der Waals surface area contributed by atoms with Crippen molar-refractivity contribution in [3.05, 3.63) is 70.0 Å². The first-order chi connectivity index (χ1) is 15.4. The van der Waals surface area contributed by atoms with E-state index >= 15 is 0 Å². The summed E-state index contributed by atoms with van der Waals surface area (Å²) >= 11 is 0. The molecule has 0 radical (unpaired) electrons.